The van der Waals surface area contributed by atoms with Crippen molar-refractivity contribution in [3.63, 3.8) is 0 Å². The number of hydrogen-bond acceptors (Lipinski definition) is 1. The maximum Gasteiger partial charge on any atom is 0.132 e. The zero-order valence-electron chi connectivity index (χ0n) is 8.18. The molecule has 0 aliphatic carbocycles. The molecule has 0 heterocycles. The van der Waals surface area contributed by atoms with Crippen LogP contribution in [0.1, 0.15) is 19.4 Å². The zero-order chi connectivity index (χ0) is 10.7. The maximum atomic E-state index is 13.2. The summed E-state index contributed by atoms with van der Waals surface area (Å²) < 4.78 is 13.2. The van der Waals surface area contributed by atoms with E-state index in [-0.39, 0.29) is 17.5 Å². The molecule has 0 saturated heterocycles. The van der Waals surface area contributed by atoms with Gasteiger partial charge in [0.1, 0.15) is 11.6 Å². The summed E-state index contributed by atoms with van der Waals surface area (Å²) in [6, 6.07) is 4.39. The molecule has 0 aliphatic rings. The summed E-state index contributed by atoms with van der Waals surface area (Å²) >= 11 is 5.73. The summed E-state index contributed by atoms with van der Waals surface area (Å²) in [4.78, 5) is 11.0. The summed E-state index contributed by atoms with van der Waals surface area (Å²) in [5, 5.41) is 0.497. The van der Waals surface area contributed by atoms with Gasteiger partial charge in [-0.2, -0.15) is 0 Å². The molecule has 1 unspecified atom stereocenters. The van der Waals surface area contributed by atoms with Gasteiger partial charge in [-0.25, -0.2) is 4.39 Å². The van der Waals surface area contributed by atoms with Crippen molar-refractivity contribution in [1.82, 2.24) is 0 Å². The van der Waals surface area contributed by atoms with Gasteiger partial charge in [0.2, 0.25) is 0 Å². The van der Waals surface area contributed by atoms with Crippen LogP contribution in [0.2, 0.25) is 5.02 Å². The molecule has 0 aromatic heterocycles. The highest BCUT2D eigenvalue weighted by Gasteiger charge is 2.11. The Morgan fingerprint density at radius 3 is 2.79 bits per heavy atom. The van der Waals surface area contributed by atoms with E-state index in [0.29, 0.717) is 17.0 Å². The van der Waals surface area contributed by atoms with Crippen molar-refractivity contribution in [2.24, 2.45) is 5.92 Å². The zero-order valence-corrected chi connectivity index (χ0v) is 8.94. The Bertz CT molecular complexity index is 349. The molecular formula is C11H12ClFO. The fourth-order valence-corrected chi connectivity index (χ4v) is 1.37. The van der Waals surface area contributed by atoms with Gasteiger partial charge in [-0.1, -0.05) is 18.5 Å². The van der Waals surface area contributed by atoms with Crippen LogP contribution >= 0.6 is 11.6 Å². The Hall–Kier alpha value is -0.890. The molecule has 0 spiro atoms. The minimum Gasteiger partial charge on any atom is -0.300 e. The predicted octanol–water partition coefficient (Wildman–Crippen LogP) is 3.25. The van der Waals surface area contributed by atoms with Crippen molar-refractivity contribution in [1.29, 1.82) is 0 Å². The highest BCUT2D eigenvalue weighted by Crippen LogP contribution is 2.18. The van der Waals surface area contributed by atoms with Crippen LogP contribution in [0.4, 0.5) is 4.39 Å². The normalized spacial score (nSPS) is 12.6. The number of halogens is 2. The van der Waals surface area contributed by atoms with Crippen LogP contribution < -0.4 is 0 Å². The highest BCUT2D eigenvalue weighted by atomic mass is 35.5. The number of carbonyl (C=O) groups excluding carboxylic acids is 1. The Morgan fingerprint density at radius 2 is 2.21 bits per heavy atom. The number of rotatable bonds is 3. The summed E-state index contributed by atoms with van der Waals surface area (Å²) in [7, 11) is 0. The van der Waals surface area contributed by atoms with Crippen LogP contribution in [0.15, 0.2) is 18.2 Å². The first-order valence-electron chi connectivity index (χ1n) is 4.45. The van der Waals surface area contributed by atoms with Gasteiger partial charge in [-0.15, -0.1) is 0 Å². The van der Waals surface area contributed by atoms with Crippen LogP contribution in [0.5, 0.6) is 0 Å². The first-order chi connectivity index (χ1) is 6.50. The molecule has 1 atom stereocenters. The van der Waals surface area contributed by atoms with Crippen LogP contribution in [0.3, 0.4) is 0 Å². The Balaban J connectivity index is 2.85. The third-order valence-electron chi connectivity index (χ3n) is 2.23. The Kier molecular flexibility index (Phi) is 3.64. The molecule has 3 heteroatoms. The van der Waals surface area contributed by atoms with E-state index >= 15 is 0 Å². The van der Waals surface area contributed by atoms with Crippen molar-refractivity contribution in [2.75, 3.05) is 0 Å². The minimum atomic E-state index is -0.303. The maximum absolute atomic E-state index is 13.2. The lowest BCUT2D eigenvalue weighted by Gasteiger charge is -2.08. The van der Waals surface area contributed by atoms with Crippen LogP contribution in [-0.2, 0) is 11.2 Å². The molecule has 1 nitrogen and oxygen atoms in total. The third-order valence-corrected chi connectivity index (χ3v) is 2.46. The average Bonchev–Trinajstić information content (AvgIpc) is 2.11. The average molecular weight is 215 g/mol. The molecule has 1 aromatic carbocycles. The third kappa shape index (κ3) is 2.81. The van der Waals surface area contributed by atoms with Gasteiger partial charge >= 0.3 is 0 Å². The smallest absolute Gasteiger partial charge is 0.132 e. The SMILES string of the molecule is CC(=O)C(C)Cc1cc(Cl)ccc1F. The van der Waals surface area contributed by atoms with E-state index < -0.39 is 0 Å². The first kappa shape index (κ1) is 11.2. The van der Waals surface area contributed by atoms with Crippen LogP contribution in [0, 0.1) is 11.7 Å². The summed E-state index contributed by atoms with van der Waals surface area (Å²) in [6.07, 6.45) is 0.404. The summed E-state index contributed by atoms with van der Waals surface area (Å²) in [5.74, 6) is -0.408. The van der Waals surface area contributed by atoms with Crippen molar-refractivity contribution in [2.45, 2.75) is 20.3 Å². The molecule has 76 valence electrons. The number of carbonyl (C=O) groups is 1. The molecular weight excluding hydrogens is 203 g/mol. The molecule has 1 rings (SSSR count). The van der Waals surface area contributed by atoms with Crippen LogP contribution in [-0.4, -0.2) is 5.78 Å². The topological polar surface area (TPSA) is 17.1 Å². The van der Waals surface area contributed by atoms with Gasteiger partial charge in [-0.3, -0.25) is 4.79 Å². The first-order valence-corrected chi connectivity index (χ1v) is 4.83. The monoisotopic (exact) mass is 214 g/mol. The number of Topliss-reactive ketones (excluding diaryl/α,β-unsaturated/α-hetero) is 1. The molecule has 14 heavy (non-hydrogen) atoms. The highest BCUT2D eigenvalue weighted by molar-refractivity contribution is 6.30. The largest absolute Gasteiger partial charge is 0.300 e. The molecule has 0 bridgehead atoms. The second-order valence-electron chi connectivity index (χ2n) is 3.45. The molecule has 0 radical (unpaired) electrons. The fraction of sp³-hybridized carbons (Fsp3) is 0.364. The minimum absolute atomic E-state index is 0.0596. The lowest BCUT2D eigenvalue weighted by molar-refractivity contribution is -0.120. The van der Waals surface area contributed by atoms with E-state index in [4.69, 9.17) is 11.6 Å². The molecule has 0 amide bonds. The molecule has 0 N–H and O–H groups in total. The second kappa shape index (κ2) is 4.56. The van der Waals surface area contributed by atoms with Gasteiger partial charge in [0.25, 0.3) is 0 Å². The Labute approximate surface area is 87.9 Å². The van der Waals surface area contributed by atoms with Crippen LogP contribution in [0.25, 0.3) is 0 Å². The number of hydrogen-bond donors (Lipinski definition) is 0. The van der Waals surface area contributed by atoms with Gasteiger partial charge in [-0.05, 0) is 37.1 Å². The standard InChI is InChI=1S/C11H12ClFO/c1-7(8(2)14)5-9-6-10(12)3-4-11(9)13/h3-4,6-7H,5H2,1-2H3. The Morgan fingerprint density at radius 1 is 1.57 bits per heavy atom. The number of benzene rings is 1. The van der Waals surface area contributed by atoms with Crippen molar-refractivity contribution in [3.8, 4) is 0 Å². The quantitative estimate of drug-likeness (QED) is 0.755. The second-order valence-corrected chi connectivity index (χ2v) is 3.89. The van der Waals surface area contributed by atoms with E-state index in [2.05, 4.69) is 0 Å². The van der Waals surface area contributed by atoms with E-state index in [9.17, 15) is 9.18 Å². The predicted molar refractivity (Wildman–Crippen MR) is 55.0 cm³/mol. The van der Waals surface area contributed by atoms with Crippen molar-refractivity contribution < 1.29 is 9.18 Å². The number of ketones is 1. The van der Waals surface area contributed by atoms with E-state index in [1.807, 2.05) is 0 Å². The van der Waals surface area contributed by atoms with Gasteiger partial charge in [0.15, 0.2) is 0 Å². The lowest BCUT2D eigenvalue weighted by Crippen LogP contribution is -2.10. The molecule has 1 aromatic rings. The van der Waals surface area contributed by atoms with Gasteiger partial charge < -0.3 is 0 Å². The van der Waals surface area contributed by atoms with E-state index in [1.165, 1.54) is 19.1 Å². The van der Waals surface area contributed by atoms with E-state index in [0.717, 1.165) is 0 Å². The molecule has 0 fully saturated rings. The summed E-state index contributed by atoms with van der Waals surface area (Å²) in [5.41, 5.74) is 0.500. The van der Waals surface area contributed by atoms with Crippen molar-refractivity contribution in [3.05, 3.63) is 34.6 Å². The van der Waals surface area contributed by atoms with Crippen molar-refractivity contribution >= 4 is 17.4 Å². The molecule has 0 aliphatic heterocycles. The van der Waals surface area contributed by atoms with E-state index in [1.54, 1.807) is 13.0 Å². The van der Waals surface area contributed by atoms with Gasteiger partial charge in [0, 0.05) is 10.9 Å². The fourth-order valence-electron chi connectivity index (χ4n) is 1.17. The lowest BCUT2D eigenvalue weighted by atomic mass is 9.98. The molecule has 0 saturated carbocycles. The van der Waals surface area contributed by atoms with Gasteiger partial charge in [0.05, 0.1) is 0 Å². The summed E-state index contributed by atoms with van der Waals surface area (Å²) in [6.45, 7) is 3.29.